The highest BCUT2D eigenvalue weighted by Gasteiger charge is 2.11. The van der Waals surface area contributed by atoms with Crippen molar-refractivity contribution >= 4 is 23.2 Å². The van der Waals surface area contributed by atoms with Crippen molar-refractivity contribution in [2.24, 2.45) is 0 Å². The van der Waals surface area contributed by atoms with E-state index in [2.05, 4.69) is 27.2 Å². The van der Waals surface area contributed by atoms with Gasteiger partial charge in [0.2, 0.25) is 0 Å². The fourth-order valence-electron chi connectivity index (χ4n) is 2.64. The van der Waals surface area contributed by atoms with Gasteiger partial charge in [0.05, 0.1) is 17.5 Å². The molecular weight excluding hydrogens is 348 g/mol. The first-order valence-corrected chi connectivity index (χ1v) is 8.69. The maximum Gasteiger partial charge on any atom is 0.257 e. The second-order valence-electron chi connectivity index (χ2n) is 6.21. The second kappa shape index (κ2) is 8.06. The van der Waals surface area contributed by atoms with E-state index in [0.29, 0.717) is 17.1 Å². The minimum Gasteiger partial charge on any atom is -0.322 e. The molecule has 1 amide bonds. The van der Waals surface area contributed by atoms with Crippen LogP contribution in [-0.4, -0.2) is 20.9 Å². The van der Waals surface area contributed by atoms with Crippen LogP contribution in [0.1, 0.15) is 40.2 Å². The van der Waals surface area contributed by atoms with Crippen molar-refractivity contribution in [3.63, 3.8) is 0 Å². The number of anilines is 1. The lowest BCUT2D eigenvalue weighted by Crippen LogP contribution is -2.12. The van der Waals surface area contributed by atoms with Crippen LogP contribution in [0.3, 0.4) is 0 Å². The largest absolute Gasteiger partial charge is 0.322 e. The van der Waals surface area contributed by atoms with Crippen molar-refractivity contribution < 1.29 is 4.79 Å². The predicted molar refractivity (Wildman–Crippen MR) is 103 cm³/mol. The van der Waals surface area contributed by atoms with Gasteiger partial charge >= 0.3 is 0 Å². The molecule has 0 aliphatic rings. The van der Waals surface area contributed by atoms with E-state index in [-0.39, 0.29) is 11.8 Å². The molecule has 0 saturated heterocycles. The molecule has 0 radical (unpaired) electrons. The molecule has 1 atom stereocenters. The quantitative estimate of drug-likeness (QED) is 0.725. The number of nitrogens with one attached hydrogen (secondary N) is 1. The zero-order valence-electron chi connectivity index (χ0n) is 14.6. The zero-order valence-corrected chi connectivity index (χ0v) is 15.4. The number of nitrogens with zero attached hydrogens (tertiary/aromatic N) is 3. The van der Waals surface area contributed by atoms with Crippen LogP contribution in [-0.2, 0) is 6.42 Å². The Morgan fingerprint density at radius 1 is 1.19 bits per heavy atom. The molecule has 0 unspecified atom stereocenters. The third-order valence-electron chi connectivity index (χ3n) is 4.06. The van der Waals surface area contributed by atoms with Crippen LogP contribution in [0, 0.1) is 6.92 Å². The maximum atomic E-state index is 12.4. The molecule has 1 aromatic carbocycles. The van der Waals surface area contributed by atoms with Gasteiger partial charge in [0.25, 0.3) is 5.91 Å². The van der Waals surface area contributed by atoms with Crippen LogP contribution in [0.2, 0.25) is 5.15 Å². The number of aryl methyl sites for hydroxylation is 1. The van der Waals surface area contributed by atoms with Crippen molar-refractivity contribution in [1.29, 1.82) is 0 Å². The van der Waals surface area contributed by atoms with Crippen molar-refractivity contribution in [1.82, 2.24) is 15.0 Å². The van der Waals surface area contributed by atoms with E-state index in [1.54, 1.807) is 18.5 Å². The molecule has 2 aromatic heterocycles. The summed E-state index contributed by atoms with van der Waals surface area (Å²) in [6.07, 6.45) is 5.53. The Kier molecular flexibility index (Phi) is 5.58. The molecule has 0 aliphatic heterocycles. The van der Waals surface area contributed by atoms with Crippen molar-refractivity contribution in [3.05, 3.63) is 82.7 Å². The van der Waals surface area contributed by atoms with Crippen LogP contribution in [0.15, 0.2) is 55.0 Å². The fraction of sp³-hybridized carbons (Fsp3) is 0.200. The maximum absolute atomic E-state index is 12.4. The Morgan fingerprint density at radius 3 is 2.77 bits per heavy atom. The summed E-state index contributed by atoms with van der Waals surface area (Å²) in [6.45, 7) is 3.99. The first-order chi connectivity index (χ1) is 12.5. The summed E-state index contributed by atoms with van der Waals surface area (Å²) >= 11 is 5.90. The fourth-order valence-corrected chi connectivity index (χ4v) is 2.80. The number of amides is 1. The molecule has 1 N–H and O–H groups in total. The number of hydrogen-bond acceptors (Lipinski definition) is 4. The Morgan fingerprint density at radius 2 is 2.04 bits per heavy atom. The summed E-state index contributed by atoms with van der Waals surface area (Å²) in [6, 6.07) is 11.4. The monoisotopic (exact) mass is 366 g/mol. The number of halogens is 1. The average molecular weight is 367 g/mol. The molecule has 0 spiro atoms. The molecule has 132 valence electrons. The highest BCUT2D eigenvalue weighted by molar-refractivity contribution is 6.29. The summed E-state index contributed by atoms with van der Waals surface area (Å²) in [5, 5.41) is 3.31. The summed E-state index contributed by atoms with van der Waals surface area (Å²) in [7, 11) is 0. The van der Waals surface area contributed by atoms with Crippen molar-refractivity contribution in [2.45, 2.75) is 26.2 Å². The average Bonchev–Trinajstić information content (AvgIpc) is 2.62. The molecule has 0 fully saturated rings. The molecule has 3 aromatic rings. The Bertz CT molecular complexity index is 912. The highest BCUT2D eigenvalue weighted by Crippen LogP contribution is 2.23. The molecule has 3 rings (SSSR count). The lowest BCUT2D eigenvalue weighted by atomic mass is 9.96. The van der Waals surface area contributed by atoms with E-state index in [1.165, 1.54) is 6.20 Å². The van der Waals surface area contributed by atoms with E-state index in [0.717, 1.165) is 22.6 Å². The lowest BCUT2D eigenvalue weighted by Gasteiger charge is -2.13. The van der Waals surface area contributed by atoms with Gasteiger partial charge in [0, 0.05) is 23.8 Å². The normalized spacial score (nSPS) is 11.8. The lowest BCUT2D eigenvalue weighted by molar-refractivity contribution is 0.102. The topological polar surface area (TPSA) is 67.8 Å². The van der Waals surface area contributed by atoms with E-state index in [9.17, 15) is 4.79 Å². The molecule has 26 heavy (non-hydrogen) atoms. The van der Waals surface area contributed by atoms with Gasteiger partial charge in [-0.25, -0.2) is 4.98 Å². The van der Waals surface area contributed by atoms with Crippen LogP contribution in [0.4, 0.5) is 5.69 Å². The number of hydrogen-bond donors (Lipinski definition) is 1. The third-order valence-corrected chi connectivity index (χ3v) is 4.24. The SMILES string of the molecule is Cc1ccc(C(=O)Nc2cccc([C@H](C)Cc3cncc(Cl)n3)c2)cn1. The Balaban J connectivity index is 1.71. The van der Waals surface area contributed by atoms with Gasteiger partial charge in [-0.2, -0.15) is 0 Å². The molecule has 2 heterocycles. The Labute approximate surface area is 157 Å². The van der Waals surface area contributed by atoms with E-state index in [4.69, 9.17) is 11.6 Å². The molecule has 5 nitrogen and oxygen atoms in total. The summed E-state index contributed by atoms with van der Waals surface area (Å²) < 4.78 is 0. The molecular formula is C20H19ClN4O. The van der Waals surface area contributed by atoms with Gasteiger partial charge < -0.3 is 5.32 Å². The van der Waals surface area contributed by atoms with Crippen molar-refractivity contribution in [2.75, 3.05) is 5.32 Å². The van der Waals surface area contributed by atoms with E-state index >= 15 is 0 Å². The standard InChI is InChI=1S/C20H19ClN4O/c1-13(8-18-11-22-12-19(21)24-18)15-4-3-5-17(9-15)25-20(26)16-7-6-14(2)23-10-16/h3-7,9-13H,8H2,1-2H3,(H,25,26)/t13-/m1/s1. The minimum atomic E-state index is -0.178. The summed E-state index contributed by atoms with van der Waals surface area (Å²) in [5.74, 6) is 0.0312. The van der Waals surface area contributed by atoms with Gasteiger partial charge in [-0.15, -0.1) is 0 Å². The van der Waals surface area contributed by atoms with Gasteiger partial charge in [-0.05, 0) is 49.1 Å². The predicted octanol–water partition coefficient (Wildman–Crippen LogP) is 4.43. The van der Waals surface area contributed by atoms with Crippen LogP contribution in [0.25, 0.3) is 0 Å². The highest BCUT2D eigenvalue weighted by atomic mass is 35.5. The smallest absolute Gasteiger partial charge is 0.257 e. The van der Waals surface area contributed by atoms with Gasteiger partial charge in [-0.3, -0.25) is 14.8 Å². The summed E-state index contributed by atoms with van der Waals surface area (Å²) in [5.41, 5.74) is 4.10. The van der Waals surface area contributed by atoms with Crippen LogP contribution in [0.5, 0.6) is 0 Å². The third kappa shape index (κ3) is 4.64. The van der Waals surface area contributed by atoms with Crippen LogP contribution >= 0.6 is 11.6 Å². The number of carbonyl (C=O) groups is 1. The number of carbonyl (C=O) groups excluding carboxylic acids is 1. The number of pyridine rings is 1. The van der Waals surface area contributed by atoms with Crippen molar-refractivity contribution in [3.8, 4) is 0 Å². The zero-order chi connectivity index (χ0) is 18.5. The van der Waals surface area contributed by atoms with E-state index in [1.807, 2.05) is 37.3 Å². The molecule has 6 heteroatoms. The number of benzene rings is 1. The minimum absolute atomic E-state index is 0.178. The first kappa shape index (κ1) is 18.0. The van der Waals surface area contributed by atoms with Gasteiger partial charge in [0.1, 0.15) is 5.15 Å². The molecule has 0 saturated carbocycles. The molecule has 0 aliphatic carbocycles. The first-order valence-electron chi connectivity index (χ1n) is 8.31. The van der Waals surface area contributed by atoms with Crippen LogP contribution < -0.4 is 5.32 Å². The number of rotatable bonds is 5. The van der Waals surface area contributed by atoms with E-state index < -0.39 is 0 Å². The van der Waals surface area contributed by atoms with Gasteiger partial charge in [-0.1, -0.05) is 30.7 Å². The van der Waals surface area contributed by atoms with Gasteiger partial charge in [0.15, 0.2) is 0 Å². The molecule has 0 bridgehead atoms. The number of aromatic nitrogens is 3. The summed E-state index contributed by atoms with van der Waals surface area (Å²) in [4.78, 5) is 24.9. The Hall–Kier alpha value is -2.79. The second-order valence-corrected chi connectivity index (χ2v) is 6.59.